The molecular weight excluding hydrogens is 952 g/mol. The number of ether oxygens (including phenoxy) is 1. The first-order valence-corrected chi connectivity index (χ1v) is 20.2. The second kappa shape index (κ2) is 16.3. The fourth-order valence-electron chi connectivity index (χ4n) is 8.06. The monoisotopic (exact) mass is 1010 g/mol. The summed E-state index contributed by atoms with van der Waals surface area (Å²) in [6.07, 6.45) is 4.86. The van der Waals surface area contributed by atoms with Gasteiger partial charge in [-0.05, 0) is 80.3 Å². The van der Waals surface area contributed by atoms with E-state index in [4.69, 9.17) is 22.6 Å². The Hall–Kier alpha value is -6.55. The van der Waals surface area contributed by atoms with Crippen LogP contribution in [0.5, 0.6) is 11.5 Å². The first-order chi connectivity index (χ1) is 35.3. The molecule has 10 aromatic rings. The molecule has 0 N–H and O–H groups in total. The number of aryl methyl sites for hydroxylation is 1. The SMILES string of the molecule is [2H]c1c([2H])c([2H])c(-c2ccc3c(c2)n(-c2[c-]c(Oc4[c-]c5c(cc4)c4ccccc4n5-c4cc(C([2H])([2H])[2H])c(-c5c([2H])c([2H])c([2H])c([2H])c5[2H])cn4)ccc2)[c-][n+]3-c2c(C(C)(C)C)cccc2C(C)(C)C)c([2H])c1[2H].[Pt]. The molecule has 10 rings (SSSR count). The summed E-state index contributed by atoms with van der Waals surface area (Å²) in [6.45, 7) is 10.2. The van der Waals surface area contributed by atoms with Gasteiger partial charge < -0.3 is 13.9 Å². The van der Waals surface area contributed by atoms with Gasteiger partial charge in [0.25, 0.3) is 6.33 Å². The van der Waals surface area contributed by atoms with Crippen molar-refractivity contribution in [1.82, 2.24) is 14.1 Å². The number of benzene rings is 7. The van der Waals surface area contributed by atoms with Gasteiger partial charge in [-0.1, -0.05) is 156 Å². The molecule has 6 heteroatoms. The third-order valence-corrected chi connectivity index (χ3v) is 11.0. The van der Waals surface area contributed by atoms with E-state index in [2.05, 4.69) is 83.2 Å². The molecule has 5 nitrogen and oxygen atoms in total. The molecular formula is C57H48N4OPt-2. The van der Waals surface area contributed by atoms with Crippen LogP contribution in [0.1, 0.15) is 76.1 Å². The van der Waals surface area contributed by atoms with Crippen molar-refractivity contribution in [2.24, 2.45) is 0 Å². The van der Waals surface area contributed by atoms with Crippen molar-refractivity contribution in [2.45, 2.75) is 59.2 Å². The Balaban J connectivity index is 0.00000706. The molecule has 3 heterocycles. The molecule has 0 amide bonds. The Kier molecular flexibility index (Phi) is 7.48. The molecule has 0 bridgehead atoms. The smallest absolute Gasteiger partial charge is 0.268 e. The zero-order valence-corrected chi connectivity index (χ0v) is 37.6. The Labute approximate surface area is 402 Å². The van der Waals surface area contributed by atoms with Gasteiger partial charge in [-0.3, -0.25) is 4.57 Å². The van der Waals surface area contributed by atoms with Crippen molar-refractivity contribution in [3.05, 3.63) is 199 Å². The molecule has 3 aromatic heterocycles. The van der Waals surface area contributed by atoms with Gasteiger partial charge in [-0.2, -0.15) is 18.2 Å². The topological polar surface area (TPSA) is 35.9 Å². The molecule has 0 spiro atoms. The number of nitrogens with zero attached hydrogens (tertiary/aromatic N) is 4. The summed E-state index contributed by atoms with van der Waals surface area (Å²) in [6, 6.07) is 31.5. The molecule has 0 aliphatic heterocycles. The van der Waals surface area contributed by atoms with Crippen molar-refractivity contribution >= 4 is 32.8 Å². The van der Waals surface area contributed by atoms with Gasteiger partial charge in [0.05, 0.1) is 30.4 Å². The first kappa shape index (κ1) is 28.9. The minimum Gasteiger partial charge on any atom is -0.510 e. The van der Waals surface area contributed by atoms with E-state index in [-0.39, 0.29) is 77.8 Å². The molecule has 0 aliphatic rings. The van der Waals surface area contributed by atoms with E-state index in [0.717, 1.165) is 33.1 Å². The average molecular weight is 1010 g/mol. The Morgan fingerprint density at radius 2 is 1.33 bits per heavy atom. The van der Waals surface area contributed by atoms with Crippen LogP contribution < -0.4 is 9.30 Å². The molecule has 0 fully saturated rings. The summed E-state index contributed by atoms with van der Waals surface area (Å²) in [7, 11) is 0. The summed E-state index contributed by atoms with van der Waals surface area (Å²) in [4.78, 5) is 4.68. The summed E-state index contributed by atoms with van der Waals surface area (Å²) >= 11 is 0. The molecule has 0 saturated carbocycles. The van der Waals surface area contributed by atoms with Crippen LogP contribution in [0.3, 0.4) is 0 Å². The summed E-state index contributed by atoms with van der Waals surface area (Å²) in [5.74, 6) is 0.755. The van der Waals surface area contributed by atoms with Crippen LogP contribution >= 0.6 is 0 Å². The number of rotatable bonds is 7. The molecule has 0 saturated heterocycles. The van der Waals surface area contributed by atoms with Crippen molar-refractivity contribution in [3.8, 4) is 50.9 Å². The van der Waals surface area contributed by atoms with Crippen molar-refractivity contribution < 1.29 is 48.2 Å². The van der Waals surface area contributed by atoms with Gasteiger partial charge >= 0.3 is 0 Å². The van der Waals surface area contributed by atoms with E-state index < -0.39 is 55.2 Å². The molecule has 0 radical (unpaired) electrons. The fourth-order valence-corrected chi connectivity index (χ4v) is 8.06. The van der Waals surface area contributed by atoms with E-state index in [1.54, 1.807) is 34.9 Å². The fraction of sp³-hybridized carbons (Fsp3) is 0.158. The zero-order chi connectivity index (χ0) is 54.0. The number of hydrogen-bond donors (Lipinski definition) is 0. The second-order valence-electron chi connectivity index (χ2n) is 17.2. The predicted molar refractivity (Wildman–Crippen MR) is 253 cm³/mol. The molecule has 314 valence electrons. The second-order valence-corrected chi connectivity index (χ2v) is 17.2. The van der Waals surface area contributed by atoms with Crippen LogP contribution in [0.4, 0.5) is 0 Å². The summed E-state index contributed by atoms with van der Waals surface area (Å²) in [5, 5.41) is 1.56. The molecule has 7 aromatic carbocycles. The number of fused-ring (bicyclic) bond motifs is 4. The van der Waals surface area contributed by atoms with Crippen LogP contribution in [0, 0.1) is 25.3 Å². The van der Waals surface area contributed by atoms with Crippen LogP contribution in [0.15, 0.2) is 164 Å². The number of para-hydroxylation sites is 2. The Morgan fingerprint density at radius 3 is 2.05 bits per heavy atom. The van der Waals surface area contributed by atoms with Gasteiger partial charge in [0, 0.05) is 54.0 Å². The largest absolute Gasteiger partial charge is 0.510 e. The quantitative estimate of drug-likeness (QED) is 0.118. The minimum atomic E-state index is -2.79. The van der Waals surface area contributed by atoms with E-state index in [1.807, 2.05) is 51.6 Å². The van der Waals surface area contributed by atoms with Gasteiger partial charge in [-0.25, -0.2) is 4.98 Å². The zero-order valence-electron chi connectivity index (χ0n) is 48.3. The van der Waals surface area contributed by atoms with Crippen molar-refractivity contribution in [1.29, 1.82) is 0 Å². The standard InChI is InChI=1S/C57H48N4O.Pt/c1-38-32-54(58-36-47(38)40-20-12-9-13-21-40)61-50-27-15-14-24-45(50)46-30-29-44(35-52(46)61)62-43-23-16-22-42(34-43)59-37-60(51-31-28-41(33-53(51)59)39-18-10-8-11-19-39)55-48(56(2,3)4)25-17-26-49(55)57(5,6)7;/h8-33,36H,1-7H3;/q-2;/i1D3,8D,9D,10D,11D,12D,13D,18D,19D,20D,21D;. The normalized spacial score (nSPS) is 15.0. The number of imidazole rings is 1. The molecule has 63 heavy (non-hydrogen) atoms. The van der Waals surface area contributed by atoms with Crippen LogP contribution in [0.2, 0.25) is 0 Å². The van der Waals surface area contributed by atoms with Gasteiger partial charge in [-0.15, -0.1) is 29.7 Å². The predicted octanol–water partition coefficient (Wildman–Crippen LogP) is 13.8. The van der Waals surface area contributed by atoms with Crippen molar-refractivity contribution in [3.63, 3.8) is 0 Å². The van der Waals surface area contributed by atoms with E-state index in [0.29, 0.717) is 33.6 Å². The van der Waals surface area contributed by atoms with Crippen LogP contribution in [-0.2, 0) is 31.9 Å². The van der Waals surface area contributed by atoms with Crippen LogP contribution in [0.25, 0.3) is 72.3 Å². The third kappa shape index (κ3) is 7.70. The van der Waals surface area contributed by atoms with Crippen LogP contribution in [-0.4, -0.2) is 14.1 Å². The molecule has 0 aliphatic carbocycles. The first-order valence-electron chi connectivity index (χ1n) is 26.7. The maximum atomic E-state index is 8.84. The van der Waals surface area contributed by atoms with E-state index >= 15 is 0 Å². The summed E-state index contributed by atoms with van der Waals surface area (Å²) in [5.41, 5.74) is 5.32. The molecule has 0 atom stereocenters. The Morgan fingerprint density at radius 1 is 0.651 bits per heavy atom. The Bertz CT molecular complexity index is 3930. The maximum absolute atomic E-state index is 8.84. The number of hydrogen-bond acceptors (Lipinski definition) is 2. The van der Waals surface area contributed by atoms with Crippen molar-refractivity contribution in [2.75, 3.05) is 0 Å². The van der Waals surface area contributed by atoms with Gasteiger partial charge in [0.15, 0.2) is 0 Å². The maximum Gasteiger partial charge on any atom is 0.268 e. The summed E-state index contributed by atoms with van der Waals surface area (Å²) < 4.78 is 123. The van der Waals surface area contributed by atoms with E-state index in [9.17, 15) is 0 Å². The number of aromatic nitrogens is 4. The average Bonchev–Trinajstić information content (AvgIpc) is 3.91. The third-order valence-electron chi connectivity index (χ3n) is 11.0. The van der Waals surface area contributed by atoms with E-state index in [1.165, 1.54) is 12.3 Å². The minimum absolute atomic E-state index is 0. The van der Waals surface area contributed by atoms with Gasteiger partial charge in [0.2, 0.25) is 0 Å². The van der Waals surface area contributed by atoms with Gasteiger partial charge in [0.1, 0.15) is 5.82 Å². The molecule has 0 unspecified atom stereocenters. The number of pyridine rings is 1.